The number of carboxylic acids is 4. The van der Waals surface area contributed by atoms with Crippen LogP contribution >= 0.6 is 0 Å². The van der Waals surface area contributed by atoms with E-state index in [0.717, 1.165) is 18.1 Å². The lowest BCUT2D eigenvalue weighted by atomic mass is 10.0. The molecule has 0 fully saturated rings. The van der Waals surface area contributed by atoms with Crippen molar-refractivity contribution in [2.45, 2.75) is 96.3 Å². The lowest BCUT2D eigenvalue weighted by Gasteiger charge is -2.27. The van der Waals surface area contributed by atoms with Crippen LogP contribution in [0.4, 0.5) is 0 Å². The summed E-state index contributed by atoms with van der Waals surface area (Å²) in [6.07, 6.45) is -0.924. The number of aliphatic carboxylic acids is 4. The molecule has 0 bridgehead atoms. The molecule has 0 aliphatic rings. The Morgan fingerprint density at radius 2 is 0.952 bits per heavy atom. The summed E-state index contributed by atoms with van der Waals surface area (Å²) in [5.41, 5.74) is 2.17. The minimum Gasteiger partial charge on any atom is -0.481 e. The van der Waals surface area contributed by atoms with E-state index in [1.54, 1.807) is 0 Å². The monoisotopic (exact) mass is 870 g/mol. The minimum atomic E-state index is -1.80. The van der Waals surface area contributed by atoms with Crippen LogP contribution in [0.5, 0.6) is 0 Å². The second-order valence-corrected chi connectivity index (χ2v) is 14.1. The molecule has 0 aromatic heterocycles. The molecule has 0 saturated carbocycles. The number of ketones is 1. The van der Waals surface area contributed by atoms with E-state index >= 15 is 0 Å². The average molecular weight is 871 g/mol. The molecule has 2 rings (SSSR count). The Balaban J connectivity index is 0.000000650. The average Bonchev–Trinajstić information content (AvgIpc) is 3.20. The van der Waals surface area contributed by atoms with Gasteiger partial charge < -0.3 is 52.3 Å². The van der Waals surface area contributed by atoms with E-state index in [9.17, 15) is 52.7 Å². The number of carbonyl (C=O) groups is 11. The Hall–Kier alpha value is -7.19. The van der Waals surface area contributed by atoms with Crippen LogP contribution in [0.2, 0.25) is 0 Å². The maximum Gasteiger partial charge on any atom is 0.326 e. The number of amides is 6. The third-order valence-corrected chi connectivity index (χ3v) is 8.53. The molecule has 2 aromatic carbocycles. The fourth-order valence-corrected chi connectivity index (χ4v) is 5.30. The van der Waals surface area contributed by atoms with Crippen LogP contribution in [0.3, 0.4) is 0 Å². The molecule has 338 valence electrons. The van der Waals surface area contributed by atoms with E-state index in [1.165, 1.54) is 13.8 Å². The third kappa shape index (κ3) is 23.4. The number of carboxylic acid groups (broad SMARTS) is 4. The smallest absolute Gasteiger partial charge is 0.326 e. The number of nitrogens with one attached hydrogen (secondary N) is 6. The second kappa shape index (κ2) is 28.3. The van der Waals surface area contributed by atoms with Crippen molar-refractivity contribution in [2.24, 2.45) is 5.92 Å². The van der Waals surface area contributed by atoms with Crippen LogP contribution < -0.4 is 31.9 Å². The fourth-order valence-electron chi connectivity index (χ4n) is 5.30. The zero-order valence-electron chi connectivity index (χ0n) is 34.5. The molecule has 6 amide bonds. The van der Waals surface area contributed by atoms with Crippen molar-refractivity contribution in [2.75, 3.05) is 13.1 Å². The number of carbonyl (C=O) groups excluding carboxylic acids is 7. The first-order chi connectivity index (χ1) is 29.2. The number of hydrogen-bond acceptors (Lipinski definition) is 11. The highest BCUT2D eigenvalue weighted by molar-refractivity contribution is 5.96. The number of benzene rings is 2. The van der Waals surface area contributed by atoms with Gasteiger partial charge in [0.25, 0.3) is 0 Å². The van der Waals surface area contributed by atoms with Crippen LogP contribution in [0, 0.1) is 5.92 Å². The molecule has 4 atom stereocenters. The van der Waals surface area contributed by atoms with Crippen LogP contribution in [-0.2, 0) is 65.6 Å². The van der Waals surface area contributed by atoms with Crippen molar-refractivity contribution in [3.8, 4) is 0 Å². The van der Waals surface area contributed by atoms with E-state index in [4.69, 9.17) is 20.4 Å². The number of aryl methyl sites for hydroxylation is 2. The van der Waals surface area contributed by atoms with Crippen LogP contribution in [0.25, 0.3) is 0 Å². The normalized spacial score (nSPS) is 12.3. The van der Waals surface area contributed by atoms with E-state index in [1.807, 2.05) is 66.0 Å². The van der Waals surface area contributed by atoms with Crippen molar-refractivity contribution < 1.29 is 73.2 Å². The molecule has 0 aliphatic heterocycles. The quantitative estimate of drug-likeness (QED) is 0.0573. The van der Waals surface area contributed by atoms with Gasteiger partial charge in [0.1, 0.15) is 24.2 Å². The molecule has 2 aromatic rings. The van der Waals surface area contributed by atoms with Gasteiger partial charge in [-0.1, -0.05) is 74.5 Å². The molecule has 0 radical (unpaired) electrons. The summed E-state index contributed by atoms with van der Waals surface area (Å²) >= 11 is 0. The van der Waals surface area contributed by atoms with E-state index in [2.05, 4.69) is 26.6 Å². The Morgan fingerprint density at radius 1 is 0.516 bits per heavy atom. The van der Waals surface area contributed by atoms with Gasteiger partial charge in [-0.3, -0.25) is 47.9 Å². The summed E-state index contributed by atoms with van der Waals surface area (Å²) in [5.74, 6) is -11.1. The van der Waals surface area contributed by atoms with Gasteiger partial charge in [-0.15, -0.1) is 0 Å². The maximum atomic E-state index is 12.9. The molecule has 0 unspecified atom stereocenters. The summed E-state index contributed by atoms with van der Waals surface area (Å²) in [7, 11) is 0. The zero-order valence-corrected chi connectivity index (χ0v) is 34.5. The lowest BCUT2D eigenvalue weighted by molar-refractivity contribution is -0.147. The Morgan fingerprint density at radius 3 is 1.35 bits per heavy atom. The van der Waals surface area contributed by atoms with Gasteiger partial charge in [-0.2, -0.15) is 0 Å². The Kier molecular flexibility index (Phi) is 24.1. The third-order valence-electron chi connectivity index (χ3n) is 8.53. The van der Waals surface area contributed by atoms with E-state index in [-0.39, 0.29) is 30.7 Å². The summed E-state index contributed by atoms with van der Waals surface area (Å²) in [4.78, 5) is 129. The first-order valence-electron chi connectivity index (χ1n) is 19.4. The van der Waals surface area contributed by atoms with Gasteiger partial charge in [-0.05, 0) is 36.3 Å². The molecular formula is C41H54N6O15. The molecule has 0 heterocycles. The Labute approximate surface area is 356 Å². The van der Waals surface area contributed by atoms with Crippen molar-refractivity contribution in [1.29, 1.82) is 0 Å². The van der Waals surface area contributed by atoms with Crippen molar-refractivity contribution >= 4 is 65.1 Å². The van der Waals surface area contributed by atoms with Crippen molar-refractivity contribution in [1.82, 2.24) is 31.9 Å². The summed E-state index contributed by atoms with van der Waals surface area (Å²) in [5, 5.41) is 49.6. The summed E-state index contributed by atoms with van der Waals surface area (Å²) in [6, 6.07) is 13.0. The maximum absolute atomic E-state index is 12.9. The predicted octanol–water partition coefficient (Wildman–Crippen LogP) is -0.446. The van der Waals surface area contributed by atoms with Gasteiger partial charge >= 0.3 is 23.9 Å². The molecule has 21 heteroatoms. The predicted molar refractivity (Wildman–Crippen MR) is 218 cm³/mol. The van der Waals surface area contributed by atoms with Gasteiger partial charge in [0.2, 0.25) is 35.4 Å². The topological polar surface area (TPSA) is 341 Å². The van der Waals surface area contributed by atoms with Gasteiger partial charge in [0.15, 0.2) is 5.78 Å². The highest BCUT2D eigenvalue weighted by Crippen LogP contribution is 2.08. The lowest BCUT2D eigenvalue weighted by Crippen LogP contribution is -2.59. The number of hydrogen-bond donors (Lipinski definition) is 10. The van der Waals surface area contributed by atoms with Crippen molar-refractivity contribution in [3.63, 3.8) is 0 Å². The molecule has 62 heavy (non-hydrogen) atoms. The van der Waals surface area contributed by atoms with Gasteiger partial charge in [-0.25, -0.2) is 4.79 Å². The number of rotatable bonds is 26. The SMILES string of the molecule is CC(=O)N[C@@H](CC(=O)O)C(=O)N[C@@H](CCC(=O)O)C(=O)N[C@H](C(=O)N[C@@H](CC(=O)O)C(=O)O)C(C)C.O=C(CNC(=O)CCc1ccccc1)CNC(=O)CCc1ccccc1. The highest BCUT2D eigenvalue weighted by Gasteiger charge is 2.33. The van der Waals surface area contributed by atoms with Gasteiger partial charge in [0, 0.05) is 26.2 Å². The first-order valence-corrected chi connectivity index (χ1v) is 19.4. The molecule has 0 saturated heterocycles. The molecule has 21 nitrogen and oxygen atoms in total. The van der Waals surface area contributed by atoms with Crippen LogP contribution in [0.15, 0.2) is 60.7 Å². The largest absolute Gasteiger partial charge is 0.481 e. The number of Topliss-reactive ketones (excluding diaryl/α,β-unsaturated/α-hetero) is 1. The van der Waals surface area contributed by atoms with E-state index < -0.39 is 103 Å². The van der Waals surface area contributed by atoms with E-state index in [0.29, 0.717) is 25.7 Å². The van der Waals surface area contributed by atoms with Crippen LogP contribution in [0.1, 0.15) is 70.4 Å². The second-order valence-electron chi connectivity index (χ2n) is 14.1. The van der Waals surface area contributed by atoms with Crippen molar-refractivity contribution in [3.05, 3.63) is 71.8 Å². The van der Waals surface area contributed by atoms with Gasteiger partial charge in [0.05, 0.1) is 25.9 Å². The standard InChI is InChI=1S/C21H24N2O3.C20H30N4O12/c24-19(15-22-20(25)13-11-17-7-3-1-4-8-17)16-23-21(26)14-12-18-9-5-2-6-10-18;1-8(2)16(19(34)23-12(20(35)36)7-15(30)31)24-17(32)10(4-5-13(26)27)22-18(33)11(6-14(28)29)21-9(3)25/h1-10H,11-16H2,(H,22,25)(H,23,26);8,10-12,16H,4-7H2,1-3H3,(H,21,25)(H,22,33)(H,23,34)(H,24,32)(H,26,27)(H,28,29)(H,30,31)(H,35,36)/t;10-,11-,12-,16-/m.0/s1. The molecule has 10 N–H and O–H groups in total. The van der Waals surface area contributed by atoms with Crippen LogP contribution in [-0.4, -0.2) is 123 Å². The molecule has 0 aliphatic carbocycles. The molecule has 0 spiro atoms. The molecular weight excluding hydrogens is 816 g/mol. The summed E-state index contributed by atoms with van der Waals surface area (Å²) < 4.78 is 0. The first kappa shape index (κ1) is 52.8. The Bertz CT molecular complexity index is 1800. The zero-order chi connectivity index (χ0) is 46.8. The highest BCUT2D eigenvalue weighted by atomic mass is 16.4. The summed E-state index contributed by atoms with van der Waals surface area (Å²) in [6.45, 7) is 3.85. The minimum absolute atomic E-state index is 0.0629. The fraction of sp³-hybridized carbons (Fsp3) is 0.439.